The highest BCUT2D eigenvalue weighted by molar-refractivity contribution is 7.18. The van der Waals surface area contributed by atoms with Gasteiger partial charge in [-0.25, -0.2) is 19.3 Å². The van der Waals surface area contributed by atoms with Crippen molar-refractivity contribution in [3.8, 4) is 5.95 Å². The molecule has 192 valence electrons. The first-order valence-corrected chi connectivity index (χ1v) is 12.3. The van der Waals surface area contributed by atoms with Crippen molar-refractivity contribution in [2.75, 3.05) is 18.5 Å². The lowest BCUT2D eigenvalue weighted by Gasteiger charge is -2.14. The molecule has 3 heterocycles. The predicted molar refractivity (Wildman–Crippen MR) is 134 cm³/mol. The van der Waals surface area contributed by atoms with Crippen LogP contribution in [0.1, 0.15) is 63.4 Å². The lowest BCUT2D eigenvalue weighted by molar-refractivity contribution is -0.116. The van der Waals surface area contributed by atoms with Crippen molar-refractivity contribution in [2.24, 2.45) is 0 Å². The molecule has 3 aromatic rings. The highest BCUT2D eigenvalue weighted by Gasteiger charge is 2.27. The fourth-order valence-electron chi connectivity index (χ4n) is 3.61. The standard InChI is InChI=1S/C24H29N5O6S/c1-7-16-11-18(31)28(24(25-16)29-14(5)10-13(4)27-29)12-17(30)26-21-19(22(32)34-8-2)15(6)20(36-21)23(33)35-9-3/h10-11H,7-9,12H2,1-6H3,(H,26,30). The number of carbonyl (C=O) groups is 3. The van der Waals surface area contributed by atoms with E-state index in [0.29, 0.717) is 17.7 Å². The van der Waals surface area contributed by atoms with Gasteiger partial charge in [0.05, 0.1) is 24.5 Å². The van der Waals surface area contributed by atoms with Gasteiger partial charge in [-0.3, -0.25) is 14.2 Å². The lowest BCUT2D eigenvalue weighted by atomic mass is 10.1. The van der Waals surface area contributed by atoms with Gasteiger partial charge in [-0.15, -0.1) is 11.3 Å². The maximum absolute atomic E-state index is 13.1. The number of esters is 2. The first kappa shape index (κ1) is 26.8. The van der Waals surface area contributed by atoms with Gasteiger partial charge in [0.25, 0.3) is 5.56 Å². The second-order valence-corrected chi connectivity index (χ2v) is 8.93. The molecular weight excluding hydrogens is 486 g/mol. The number of nitrogens with one attached hydrogen (secondary N) is 1. The van der Waals surface area contributed by atoms with Crippen LogP contribution in [0, 0.1) is 20.8 Å². The number of anilines is 1. The first-order chi connectivity index (χ1) is 17.1. The van der Waals surface area contributed by atoms with Gasteiger partial charge >= 0.3 is 11.9 Å². The normalized spacial score (nSPS) is 10.8. The van der Waals surface area contributed by atoms with Crippen LogP contribution in [-0.4, -0.2) is 50.4 Å². The van der Waals surface area contributed by atoms with Gasteiger partial charge < -0.3 is 14.8 Å². The molecule has 12 heteroatoms. The van der Waals surface area contributed by atoms with E-state index < -0.39 is 29.9 Å². The van der Waals surface area contributed by atoms with Gasteiger partial charge in [-0.05, 0) is 52.7 Å². The van der Waals surface area contributed by atoms with Crippen LogP contribution < -0.4 is 10.9 Å². The Labute approximate surface area is 212 Å². The molecule has 0 unspecified atom stereocenters. The number of hydrogen-bond donors (Lipinski definition) is 1. The Kier molecular flexibility index (Phi) is 8.41. The van der Waals surface area contributed by atoms with E-state index in [1.807, 2.05) is 26.8 Å². The molecular formula is C24H29N5O6S. The highest BCUT2D eigenvalue weighted by Crippen LogP contribution is 2.34. The molecule has 0 atom stereocenters. The van der Waals surface area contributed by atoms with Crippen molar-refractivity contribution in [3.05, 3.63) is 55.6 Å². The summed E-state index contributed by atoms with van der Waals surface area (Å²) in [6.07, 6.45) is 0.530. The molecule has 36 heavy (non-hydrogen) atoms. The van der Waals surface area contributed by atoms with E-state index in [1.165, 1.54) is 15.3 Å². The van der Waals surface area contributed by atoms with E-state index in [0.717, 1.165) is 22.7 Å². The van der Waals surface area contributed by atoms with Gasteiger partial charge in [-0.1, -0.05) is 6.92 Å². The Morgan fingerprint density at radius 3 is 2.28 bits per heavy atom. The second kappa shape index (κ2) is 11.3. The number of thiophene rings is 1. The van der Waals surface area contributed by atoms with Gasteiger partial charge in [0.15, 0.2) is 0 Å². The van der Waals surface area contributed by atoms with Gasteiger partial charge in [0.1, 0.15) is 16.4 Å². The lowest BCUT2D eigenvalue weighted by Crippen LogP contribution is -2.32. The summed E-state index contributed by atoms with van der Waals surface area (Å²) in [5.41, 5.74) is 2.06. The molecule has 0 radical (unpaired) electrons. The monoisotopic (exact) mass is 515 g/mol. The van der Waals surface area contributed by atoms with Crippen LogP contribution in [0.3, 0.4) is 0 Å². The molecule has 0 bridgehead atoms. The average Bonchev–Trinajstić information content (AvgIpc) is 3.32. The van der Waals surface area contributed by atoms with Gasteiger partial charge in [0.2, 0.25) is 11.9 Å². The summed E-state index contributed by atoms with van der Waals surface area (Å²) in [6, 6.07) is 3.22. The molecule has 0 aliphatic heterocycles. The molecule has 0 spiro atoms. The summed E-state index contributed by atoms with van der Waals surface area (Å²) in [7, 11) is 0. The smallest absolute Gasteiger partial charge is 0.348 e. The zero-order chi connectivity index (χ0) is 26.6. The summed E-state index contributed by atoms with van der Waals surface area (Å²) in [5, 5.41) is 7.21. The van der Waals surface area contributed by atoms with Crippen molar-refractivity contribution >= 4 is 34.2 Å². The van der Waals surface area contributed by atoms with Crippen LogP contribution in [0.25, 0.3) is 5.95 Å². The molecule has 0 fully saturated rings. The van der Waals surface area contributed by atoms with Crippen LogP contribution in [0.2, 0.25) is 0 Å². The molecule has 0 aromatic carbocycles. The van der Waals surface area contributed by atoms with E-state index >= 15 is 0 Å². The van der Waals surface area contributed by atoms with E-state index in [1.54, 1.807) is 20.8 Å². The van der Waals surface area contributed by atoms with E-state index in [-0.39, 0.29) is 34.6 Å². The second-order valence-electron chi connectivity index (χ2n) is 7.91. The Bertz CT molecular complexity index is 1370. The minimum atomic E-state index is -0.674. The van der Waals surface area contributed by atoms with Crippen LogP contribution in [0.4, 0.5) is 5.00 Å². The average molecular weight is 516 g/mol. The number of ether oxygens (including phenoxy) is 2. The molecule has 3 rings (SSSR count). The predicted octanol–water partition coefficient (Wildman–Crippen LogP) is 2.97. The Hall–Kier alpha value is -3.80. The Balaban J connectivity index is 2.01. The van der Waals surface area contributed by atoms with Crippen LogP contribution in [-0.2, 0) is 27.2 Å². The fourth-order valence-corrected chi connectivity index (χ4v) is 4.72. The maximum Gasteiger partial charge on any atom is 0.348 e. The van der Waals surface area contributed by atoms with Crippen molar-refractivity contribution in [1.29, 1.82) is 0 Å². The van der Waals surface area contributed by atoms with Gasteiger partial charge in [0, 0.05) is 17.5 Å². The SMILES string of the molecule is CCOC(=O)c1sc(NC(=O)Cn2c(-n3nc(C)cc3C)nc(CC)cc2=O)c(C(=O)OCC)c1C. The van der Waals surface area contributed by atoms with Crippen LogP contribution >= 0.6 is 11.3 Å². The third-order valence-electron chi connectivity index (χ3n) is 5.24. The number of aromatic nitrogens is 4. The number of rotatable bonds is 9. The summed E-state index contributed by atoms with van der Waals surface area (Å²) in [6.45, 7) is 10.3. The summed E-state index contributed by atoms with van der Waals surface area (Å²) in [5.74, 6) is -1.66. The van der Waals surface area contributed by atoms with Crippen molar-refractivity contribution in [2.45, 2.75) is 54.5 Å². The van der Waals surface area contributed by atoms with Gasteiger partial charge in [-0.2, -0.15) is 5.10 Å². The number of hydrogen-bond acceptors (Lipinski definition) is 9. The van der Waals surface area contributed by atoms with E-state index in [9.17, 15) is 19.2 Å². The number of nitrogens with zero attached hydrogens (tertiary/aromatic N) is 4. The quantitative estimate of drug-likeness (QED) is 0.430. The molecule has 1 amide bonds. The minimum Gasteiger partial charge on any atom is -0.462 e. The highest BCUT2D eigenvalue weighted by atomic mass is 32.1. The summed E-state index contributed by atoms with van der Waals surface area (Å²) < 4.78 is 12.9. The number of amides is 1. The molecule has 0 saturated carbocycles. The minimum absolute atomic E-state index is 0.0730. The van der Waals surface area contributed by atoms with Crippen LogP contribution in [0.5, 0.6) is 0 Å². The molecule has 0 saturated heterocycles. The maximum atomic E-state index is 13.1. The zero-order valence-electron chi connectivity index (χ0n) is 21.1. The van der Waals surface area contributed by atoms with E-state index in [4.69, 9.17) is 9.47 Å². The Morgan fingerprint density at radius 1 is 1.03 bits per heavy atom. The molecule has 0 aliphatic rings. The summed E-state index contributed by atoms with van der Waals surface area (Å²) >= 11 is 0.916. The van der Waals surface area contributed by atoms with Crippen molar-refractivity contribution in [3.63, 3.8) is 0 Å². The largest absolute Gasteiger partial charge is 0.462 e. The molecule has 0 aliphatic carbocycles. The van der Waals surface area contributed by atoms with Crippen LogP contribution in [0.15, 0.2) is 16.9 Å². The number of aryl methyl sites for hydroxylation is 3. The first-order valence-electron chi connectivity index (χ1n) is 11.5. The molecule has 3 aromatic heterocycles. The van der Waals surface area contributed by atoms with Crippen molar-refractivity contribution in [1.82, 2.24) is 19.3 Å². The Morgan fingerprint density at radius 2 is 1.69 bits per heavy atom. The summed E-state index contributed by atoms with van der Waals surface area (Å²) in [4.78, 5) is 55.8. The van der Waals surface area contributed by atoms with E-state index in [2.05, 4.69) is 15.4 Å². The number of carbonyl (C=O) groups excluding carboxylic acids is 3. The van der Waals surface area contributed by atoms with Crippen molar-refractivity contribution < 1.29 is 23.9 Å². The third-order valence-corrected chi connectivity index (χ3v) is 6.43. The third kappa shape index (κ3) is 5.54. The fraction of sp³-hybridized carbons (Fsp3) is 0.417. The topological polar surface area (TPSA) is 134 Å². The molecule has 1 N–H and O–H groups in total. The zero-order valence-corrected chi connectivity index (χ0v) is 21.9. The molecule has 11 nitrogen and oxygen atoms in total.